The van der Waals surface area contributed by atoms with Crippen LogP contribution >= 0.6 is 0 Å². The monoisotopic (exact) mass is 449 g/mol. The predicted molar refractivity (Wildman–Crippen MR) is 115 cm³/mol. The van der Waals surface area contributed by atoms with Gasteiger partial charge in [0.15, 0.2) is 0 Å². The summed E-state index contributed by atoms with van der Waals surface area (Å²) in [4.78, 5) is 50.5. The number of benzene rings is 3. The second kappa shape index (κ2) is 8.62. The number of nitrogens with one attached hydrogen (secondary N) is 1. The standard InChI is InChI=1S/C24H17F2N3O4/c25-18-12-19(26)20(11-17(18)21(27)30)28-22(31)14-6-7-15-16(10-14)24(33)29(23(15)32)9-8-13-4-2-1-3-5-13/h1-7,10-12H,8-9H2,(H2,27,30)(H,28,31). The van der Waals surface area contributed by atoms with Crippen molar-refractivity contribution in [1.82, 2.24) is 4.90 Å². The average molecular weight is 449 g/mol. The maximum atomic E-state index is 14.1. The van der Waals surface area contributed by atoms with E-state index in [0.29, 0.717) is 12.5 Å². The summed E-state index contributed by atoms with van der Waals surface area (Å²) in [6, 6.07) is 14.5. The minimum absolute atomic E-state index is 0.0239. The first-order chi connectivity index (χ1) is 15.8. The van der Waals surface area contributed by atoms with Crippen LogP contribution in [0.3, 0.4) is 0 Å². The Kier molecular flexibility index (Phi) is 5.70. The average Bonchev–Trinajstić information content (AvgIpc) is 3.03. The number of anilines is 1. The molecule has 0 saturated carbocycles. The molecule has 33 heavy (non-hydrogen) atoms. The zero-order chi connectivity index (χ0) is 23.7. The summed E-state index contributed by atoms with van der Waals surface area (Å²) in [5.41, 5.74) is 5.16. The zero-order valence-electron chi connectivity index (χ0n) is 17.1. The highest BCUT2D eigenvalue weighted by Crippen LogP contribution is 2.26. The highest BCUT2D eigenvalue weighted by atomic mass is 19.1. The fourth-order valence-electron chi connectivity index (χ4n) is 3.55. The van der Waals surface area contributed by atoms with E-state index in [9.17, 15) is 28.0 Å². The third-order valence-electron chi connectivity index (χ3n) is 5.27. The molecule has 1 heterocycles. The molecule has 9 heteroatoms. The van der Waals surface area contributed by atoms with Gasteiger partial charge in [-0.3, -0.25) is 24.1 Å². The number of rotatable bonds is 6. The van der Waals surface area contributed by atoms with Crippen molar-refractivity contribution >= 4 is 29.3 Å². The van der Waals surface area contributed by atoms with Gasteiger partial charge in [0.25, 0.3) is 23.6 Å². The van der Waals surface area contributed by atoms with E-state index in [1.54, 1.807) is 0 Å². The number of carbonyl (C=O) groups excluding carboxylic acids is 4. The third kappa shape index (κ3) is 4.20. The van der Waals surface area contributed by atoms with Crippen LogP contribution in [0.4, 0.5) is 14.5 Å². The Morgan fingerprint density at radius 1 is 0.879 bits per heavy atom. The molecule has 7 nitrogen and oxygen atoms in total. The molecular formula is C24H17F2N3O4. The van der Waals surface area contributed by atoms with Crippen molar-refractivity contribution in [2.24, 2.45) is 5.73 Å². The molecule has 3 aromatic carbocycles. The van der Waals surface area contributed by atoms with Gasteiger partial charge in [-0.05, 0) is 36.2 Å². The van der Waals surface area contributed by atoms with Gasteiger partial charge < -0.3 is 11.1 Å². The number of primary amides is 1. The Hall–Kier alpha value is -4.40. The molecule has 3 aromatic rings. The summed E-state index contributed by atoms with van der Waals surface area (Å²) >= 11 is 0. The van der Waals surface area contributed by atoms with Crippen molar-refractivity contribution < 1.29 is 28.0 Å². The lowest BCUT2D eigenvalue weighted by Crippen LogP contribution is -2.31. The predicted octanol–water partition coefficient (Wildman–Crippen LogP) is 3.15. The molecule has 0 saturated heterocycles. The van der Waals surface area contributed by atoms with Crippen LogP contribution in [-0.2, 0) is 6.42 Å². The highest BCUT2D eigenvalue weighted by Gasteiger charge is 2.35. The molecule has 0 radical (unpaired) electrons. The fraction of sp³-hybridized carbons (Fsp3) is 0.0833. The number of amides is 4. The van der Waals surface area contributed by atoms with E-state index in [0.717, 1.165) is 16.5 Å². The van der Waals surface area contributed by atoms with E-state index in [4.69, 9.17) is 5.73 Å². The summed E-state index contributed by atoms with van der Waals surface area (Å²) in [5.74, 6) is -5.21. The van der Waals surface area contributed by atoms with Crippen LogP contribution in [0, 0.1) is 11.6 Å². The Balaban J connectivity index is 1.54. The summed E-state index contributed by atoms with van der Waals surface area (Å²) in [6.45, 7) is 0.175. The van der Waals surface area contributed by atoms with Gasteiger partial charge in [-0.25, -0.2) is 8.78 Å². The van der Waals surface area contributed by atoms with Gasteiger partial charge in [-0.2, -0.15) is 0 Å². The van der Waals surface area contributed by atoms with Crippen molar-refractivity contribution in [2.45, 2.75) is 6.42 Å². The number of nitrogens with two attached hydrogens (primary N) is 1. The first-order valence-electron chi connectivity index (χ1n) is 9.90. The molecule has 1 aliphatic heterocycles. The molecule has 1 aliphatic rings. The van der Waals surface area contributed by atoms with E-state index in [1.165, 1.54) is 18.2 Å². The molecule has 0 atom stereocenters. The molecule has 4 rings (SSSR count). The van der Waals surface area contributed by atoms with Crippen molar-refractivity contribution in [3.63, 3.8) is 0 Å². The van der Waals surface area contributed by atoms with Gasteiger partial charge in [0.2, 0.25) is 0 Å². The second-order valence-corrected chi connectivity index (χ2v) is 7.39. The van der Waals surface area contributed by atoms with Gasteiger partial charge in [0, 0.05) is 18.2 Å². The normalized spacial score (nSPS) is 12.6. The topological polar surface area (TPSA) is 110 Å². The summed E-state index contributed by atoms with van der Waals surface area (Å²) in [5, 5.41) is 2.23. The van der Waals surface area contributed by atoms with Crippen molar-refractivity contribution in [3.05, 3.63) is 100 Å². The summed E-state index contributed by atoms with van der Waals surface area (Å²) < 4.78 is 27.7. The second-order valence-electron chi connectivity index (χ2n) is 7.39. The van der Waals surface area contributed by atoms with Crippen LogP contribution in [-0.4, -0.2) is 35.1 Å². The maximum Gasteiger partial charge on any atom is 0.261 e. The number of carbonyl (C=O) groups is 4. The zero-order valence-corrected chi connectivity index (χ0v) is 17.1. The SMILES string of the molecule is NC(=O)c1cc(NC(=O)c2ccc3c(c2)C(=O)N(CCc2ccccc2)C3=O)c(F)cc1F. The number of hydrogen-bond donors (Lipinski definition) is 2. The lowest BCUT2D eigenvalue weighted by Gasteiger charge is -2.13. The number of hydrogen-bond acceptors (Lipinski definition) is 4. The Morgan fingerprint density at radius 3 is 2.27 bits per heavy atom. The van der Waals surface area contributed by atoms with E-state index in [2.05, 4.69) is 5.32 Å². The lowest BCUT2D eigenvalue weighted by molar-refractivity contribution is 0.0655. The van der Waals surface area contributed by atoms with Gasteiger partial charge in [0.1, 0.15) is 11.6 Å². The van der Waals surface area contributed by atoms with E-state index in [1.807, 2.05) is 30.3 Å². The molecule has 0 spiro atoms. The fourth-order valence-corrected chi connectivity index (χ4v) is 3.55. The van der Waals surface area contributed by atoms with Gasteiger partial charge in [-0.1, -0.05) is 30.3 Å². The first-order valence-corrected chi connectivity index (χ1v) is 9.90. The minimum Gasteiger partial charge on any atom is -0.366 e. The molecule has 0 aromatic heterocycles. The minimum atomic E-state index is -1.16. The van der Waals surface area contributed by atoms with Crippen LogP contribution in [0.1, 0.15) is 47.0 Å². The van der Waals surface area contributed by atoms with Gasteiger partial charge in [0.05, 0.1) is 22.4 Å². The summed E-state index contributed by atoms with van der Waals surface area (Å²) in [6.07, 6.45) is 0.478. The van der Waals surface area contributed by atoms with Gasteiger partial charge in [-0.15, -0.1) is 0 Å². The van der Waals surface area contributed by atoms with Crippen molar-refractivity contribution in [3.8, 4) is 0 Å². The van der Waals surface area contributed by atoms with Crippen LogP contribution < -0.4 is 11.1 Å². The largest absolute Gasteiger partial charge is 0.366 e. The number of nitrogens with zero attached hydrogens (tertiary/aromatic N) is 1. The van der Waals surface area contributed by atoms with Crippen LogP contribution in [0.2, 0.25) is 0 Å². The Labute approximate surface area is 186 Å². The lowest BCUT2D eigenvalue weighted by atomic mass is 10.0. The van der Waals surface area contributed by atoms with Gasteiger partial charge >= 0.3 is 0 Å². The van der Waals surface area contributed by atoms with Crippen LogP contribution in [0.15, 0.2) is 60.7 Å². The quantitative estimate of drug-likeness (QED) is 0.564. The first kappa shape index (κ1) is 21.8. The van der Waals surface area contributed by atoms with Crippen LogP contribution in [0.25, 0.3) is 0 Å². The molecular weight excluding hydrogens is 432 g/mol. The third-order valence-corrected chi connectivity index (χ3v) is 5.27. The smallest absolute Gasteiger partial charge is 0.261 e. The number of halogens is 2. The van der Waals surface area contributed by atoms with E-state index >= 15 is 0 Å². The molecule has 4 amide bonds. The Bertz CT molecular complexity index is 1310. The van der Waals surface area contributed by atoms with Crippen molar-refractivity contribution in [2.75, 3.05) is 11.9 Å². The maximum absolute atomic E-state index is 14.1. The van der Waals surface area contributed by atoms with Crippen molar-refractivity contribution in [1.29, 1.82) is 0 Å². The molecule has 166 valence electrons. The molecule has 0 aliphatic carbocycles. The molecule has 0 unspecified atom stereocenters. The summed E-state index contributed by atoms with van der Waals surface area (Å²) in [7, 11) is 0. The molecule has 0 fully saturated rings. The van der Waals surface area contributed by atoms with E-state index in [-0.39, 0.29) is 23.2 Å². The van der Waals surface area contributed by atoms with E-state index < -0.39 is 46.5 Å². The Morgan fingerprint density at radius 2 is 1.58 bits per heavy atom. The highest BCUT2D eigenvalue weighted by molar-refractivity contribution is 6.22. The number of fused-ring (bicyclic) bond motifs is 1. The molecule has 3 N–H and O–H groups in total. The number of imide groups is 1. The molecule has 0 bridgehead atoms. The van der Waals surface area contributed by atoms with Crippen LogP contribution in [0.5, 0.6) is 0 Å².